The molecule has 3 heteroatoms. The molecule has 0 fully saturated rings. The predicted octanol–water partition coefficient (Wildman–Crippen LogP) is 3.11. The van der Waals surface area contributed by atoms with E-state index >= 15 is 0 Å². The van der Waals surface area contributed by atoms with Gasteiger partial charge >= 0.3 is 0 Å². The van der Waals surface area contributed by atoms with Crippen LogP contribution >= 0.6 is 0 Å². The first-order valence-electron chi connectivity index (χ1n) is 6.23. The highest BCUT2D eigenvalue weighted by molar-refractivity contribution is 5.31. The molecule has 0 saturated carbocycles. The van der Waals surface area contributed by atoms with Gasteiger partial charge in [0.1, 0.15) is 5.75 Å². The molecule has 1 aromatic carbocycles. The molecular formula is C15H24O3. The van der Waals surface area contributed by atoms with E-state index in [9.17, 15) is 5.11 Å². The zero-order valence-corrected chi connectivity index (χ0v) is 12.0. The van der Waals surface area contributed by atoms with Crippen molar-refractivity contribution in [2.45, 2.75) is 44.8 Å². The molecule has 0 aliphatic rings. The van der Waals surface area contributed by atoms with Gasteiger partial charge in [-0.25, -0.2) is 0 Å². The predicted molar refractivity (Wildman–Crippen MR) is 72.9 cm³/mol. The van der Waals surface area contributed by atoms with Crippen LogP contribution in [0.4, 0.5) is 0 Å². The fourth-order valence-electron chi connectivity index (χ4n) is 1.75. The van der Waals surface area contributed by atoms with Crippen LogP contribution in [0.2, 0.25) is 0 Å². The third-order valence-electron chi connectivity index (χ3n) is 3.46. The molecule has 1 unspecified atom stereocenters. The van der Waals surface area contributed by atoms with Crippen LogP contribution in [0, 0.1) is 0 Å². The molecule has 0 radical (unpaired) electrons. The third-order valence-corrected chi connectivity index (χ3v) is 3.46. The van der Waals surface area contributed by atoms with Crippen molar-refractivity contribution in [2.75, 3.05) is 14.2 Å². The molecule has 1 aromatic rings. The minimum absolute atomic E-state index is 0.219. The molecule has 0 spiro atoms. The summed E-state index contributed by atoms with van der Waals surface area (Å²) in [6.45, 7) is 5.87. The zero-order chi connectivity index (χ0) is 13.8. The number of aliphatic hydroxyl groups is 1. The number of ether oxygens (including phenoxy) is 2. The van der Waals surface area contributed by atoms with Gasteiger partial charge < -0.3 is 14.6 Å². The fraction of sp³-hybridized carbons (Fsp3) is 0.600. The summed E-state index contributed by atoms with van der Waals surface area (Å²) < 4.78 is 10.6. The highest BCUT2D eigenvalue weighted by Crippen LogP contribution is 2.31. The van der Waals surface area contributed by atoms with Crippen molar-refractivity contribution in [1.82, 2.24) is 0 Å². The first kappa shape index (κ1) is 15.0. The summed E-state index contributed by atoms with van der Waals surface area (Å²) in [5.41, 5.74) is -0.221. The average Bonchev–Trinajstić information content (AvgIpc) is 2.37. The lowest BCUT2D eigenvalue weighted by Crippen LogP contribution is -2.29. The molecule has 0 saturated heterocycles. The van der Waals surface area contributed by atoms with Crippen LogP contribution < -0.4 is 4.74 Å². The molecule has 0 amide bonds. The Bertz CT molecular complexity index is 383. The van der Waals surface area contributed by atoms with Gasteiger partial charge in [0, 0.05) is 7.11 Å². The molecule has 18 heavy (non-hydrogen) atoms. The SMILES string of the molecule is COc1cccc(C(C)(O)CCC(C)(C)OC)c1. The Morgan fingerprint density at radius 3 is 2.33 bits per heavy atom. The van der Waals surface area contributed by atoms with E-state index in [0.29, 0.717) is 6.42 Å². The molecule has 0 heterocycles. The Balaban J connectivity index is 2.79. The Morgan fingerprint density at radius 1 is 1.11 bits per heavy atom. The second-order valence-corrected chi connectivity index (χ2v) is 5.47. The molecule has 1 atom stereocenters. The zero-order valence-electron chi connectivity index (χ0n) is 12.0. The number of methoxy groups -OCH3 is 2. The van der Waals surface area contributed by atoms with Gasteiger partial charge in [0.15, 0.2) is 0 Å². The van der Waals surface area contributed by atoms with Gasteiger partial charge in [0.05, 0.1) is 18.3 Å². The van der Waals surface area contributed by atoms with E-state index in [0.717, 1.165) is 17.7 Å². The minimum atomic E-state index is -0.871. The van der Waals surface area contributed by atoms with Gasteiger partial charge in [0.25, 0.3) is 0 Å². The van der Waals surface area contributed by atoms with E-state index in [1.165, 1.54) is 0 Å². The van der Waals surface area contributed by atoms with E-state index < -0.39 is 5.60 Å². The third kappa shape index (κ3) is 4.00. The molecule has 0 bridgehead atoms. The van der Waals surface area contributed by atoms with Gasteiger partial charge in [0.2, 0.25) is 0 Å². The number of benzene rings is 1. The standard InChI is InChI=1S/C15H24O3/c1-14(2,18-5)9-10-15(3,16)12-7-6-8-13(11-12)17-4/h6-8,11,16H,9-10H2,1-5H3. The van der Waals surface area contributed by atoms with Gasteiger partial charge in [-0.15, -0.1) is 0 Å². The fourth-order valence-corrected chi connectivity index (χ4v) is 1.75. The van der Waals surface area contributed by atoms with Crippen LogP contribution in [0.15, 0.2) is 24.3 Å². The van der Waals surface area contributed by atoms with Gasteiger partial charge in [-0.1, -0.05) is 12.1 Å². The van der Waals surface area contributed by atoms with Crippen LogP contribution in [0.25, 0.3) is 0 Å². The molecule has 1 rings (SSSR count). The molecule has 1 N–H and O–H groups in total. The number of rotatable bonds is 6. The second-order valence-electron chi connectivity index (χ2n) is 5.47. The summed E-state index contributed by atoms with van der Waals surface area (Å²) in [7, 11) is 3.32. The minimum Gasteiger partial charge on any atom is -0.497 e. The topological polar surface area (TPSA) is 38.7 Å². The lowest BCUT2D eigenvalue weighted by Gasteiger charge is -2.30. The quantitative estimate of drug-likeness (QED) is 0.845. The normalized spacial score (nSPS) is 15.2. The van der Waals surface area contributed by atoms with Crippen LogP contribution in [-0.2, 0) is 10.3 Å². The van der Waals surface area contributed by atoms with Crippen molar-refractivity contribution in [3.05, 3.63) is 29.8 Å². The van der Waals surface area contributed by atoms with E-state index in [4.69, 9.17) is 9.47 Å². The Labute approximate surface area is 110 Å². The summed E-state index contributed by atoms with van der Waals surface area (Å²) in [6.07, 6.45) is 1.43. The molecular weight excluding hydrogens is 228 g/mol. The van der Waals surface area contributed by atoms with Crippen LogP contribution in [0.3, 0.4) is 0 Å². The molecule has 102 valence electrons. The maximum atomic E-state index is 10.6. The van der Waals surface area contributed by atoms with Crippen molar-refractivity contribution in [3.8, 4) is 5.75 Å². The monoisotopic (exact) mass is 252 g/mol. The van der Waals surface area contributed by atoms with Crippen molar-refractivity contribution in [1.29, 1.82) is 0 Å². The summed E-state index contributed by atoms with van der Waals surface area (Å²) in [5, 5.41) is 10.6. The van der Waals surface area contributed by atoms with Crippen LogP contribution in [0.5, 0.6) is 5.75 Å². The van der Waals surface area contributed by atoms with Gasteiger partial charge in [-0.3, -0.25) is 0 Å². The van der Waals surface area contributed by atoms with E-state index in [1.807, 2.05) is 45.0 Å². The van der Waals surface area contributed by atoms with E-state index in [1.54, 1.807) is 14.2 Å². The molecule has 3 nitrogen and oxygen atoms in total. The number of hydrogen-bond acceptors (Lipinski definition) is 3. The molecule has 0 aromatic heterocycles. The maximum absolute atomic E-state index is 10.6. The number of hydrogen-bond donors (Lipinski definition) is 1. The first-order valence-corrected chi connectivity index (χ1v) is 6.23. The molecule has 0 aliphatic carbocycles. The summed E-state index contributed by atoms with van der Waals surface area (Å²) in [6, 6.07) is 7.56. The summed E-state index contributed by atoms with van der Waals surface area (Å²) in [5.74, 6) is 0.763. The lowest BCUT2D eigenvalue weighted by molar-refractivity contribution is -0.0211. The Morgan fingerprint density at radius 2 is 1.78 bits per heavy atom. The smallest absolute Gasteiger partial charge is 0.119 e. The maximum Gasteiger partial charge on any atom is 0.119 e. The summed E-state index contributed by atoms with van der Waals surface area (Å²) in [4.78, 5) is 0. The average molecular weight is 252 g/mol. The largest absolute Gasteiger partial charge is 0.497 e. The van der Waals surface area contributed by atoms with Crippen molar-refractivity contribution in [3.63, 3.8) is 0 Å². The Kier molecular flexibility index (Phi) is 4.77. The second kappa shape index (κ2) is 5.72. The highest BCUT2D eigenvalue weighted by Gasteiger charge is 2.27. The summed E-state index contributed by atoms with van der Waals surface area (Å²) >= 11 is 0. The van der Waals surface area contributed by atoms with Crippen molar-refractivity contribution in [2.24, 2.45) is 0 Å². The van der Waals surface area contributed by atoms with E-state index in [2.05, 4.69) is 0 Å². The van der Waals surface area contributed by atoms with Crippen molar-refractivity contribution < 1.29 is 14.6 Å². The van der Waals surface area contributed by atoms with Crippen molar-refractivity contribution >= 4 is 0 Å². The molecule has 0 aliphatic heterocycles. The van der Waals surface area contributed by atoms with Gasteiger partial charge in [-0.05, 0) is 51.3 Å². The van der Waals surface area contributed by atoms with Gasteiger partial charge in [-0.2, -0.15) is 0 Å². The van der Waals surface area contributed by atoms with Crippen LogP contribution in [-0.4, -0.2) is 24.9 Å². The lowest BCUT2D eigenvalue weighted by atomic mass is 9.87. The Hall–Kier alpha value is -1.06. The highest BCUT2D eigenvalue weighted by atomic mass is 16.5. The first-order chi connectivity index (χ1) is 8.30. The van der Waals surface area contributed by atoms with Crippen LogP contribution in [0.1, 0.15) is 39.2 Å². The van der Waals surface area contributed by atoms with E-state index in [-0.39, 0.29) is 5.60 Å².